The molecule has 0 aromatic heterocycles. The maximum atomic E-state index is 5.35. The second-order valence-electron chi connectivity index (χ2n) is 3.52. The standard InChI is InChI=1S/C13H17BrO2/c1-4-10-13(14,12(15-2)16-3)11-8-6-5-7-9-11/h4-9,12H,1,10H2,2-3H3. The van der Waals surface area contributed by atoms with Crippen molar-refractivity contribution in [3.63, 3.8) is 0 Å². The normalized spacial score (nSPS) is 14.8. The number of rotatable bonds is 6. The largest absolute Gasteiger partial charge is 0.354 e. The summed E-state index contributed by atoms with van der Waals surface area (Å²) in [5.74, 6) is 0. The Hall–Kier alpha value is -0.640. The Morgan fingerprint density at radius 2 is 1.88 bits per heavy atom. The lowest BCUT2D eigenvalue weighted by molar-refractivity contribution is -0.125. The lowest BCUT2D eigenvalue weighted by atomic mass is 9.94. The summed E-state index contributed by atoms with van der Waals surface area (Å²) >= 11 is 3.72. The molecule has 1 rings (SSSR count). The van der Waals surface area contributed by atoms with Gasteiger partial charge in [-0.05, 0) is 12.0 Å². The molecule has 0 aliphatic heterocycles. The highest BCUT2D eigenvalue weighted by atomic mass is 79.9. The van der Waals surface area contributed by atoms with Crippen LogP contribution < -0.4 is 0 Å². The Labute approximate surface area is 105 Å². The van der Waals surface area contributed by atoms with Crippen LogP contribution in [0, 0.1) is 0 Å². The smallest absolute Gasteiger partial charge is 0.176 e. The van der Waals surface area contributed by atoms with Gasteiger partial charge in [0.15, 0.2) is 6.29 Å². The lowest BCUT2D eigenvalue weighted by Crippen LogP contribution is -2.36. The van der Waals surface area contributed by atoms with Crippen LogP contribution in [-0.4, -0.2) is 20.5 Å². The molecule has 0 aliphatic rings. The van der Waals surface area contributed by atoms with Gasteiger partial charge in [-0.2, -0.15) is 0 Å². The molecule has 0 aliphatic carbocycles. The number of methoxy groups -OCH3 is 2. The Kier molecular flexibility index (Phi) is 5.19. The summed E-state index contributed by atoms with van der Waals surface area (Å²) in [4.78, 5) is 0. The van der Waals surface area contributed by atoms with Crippen LogP contribution in [0.3, 0.4) is 0 Å². The van der Waals surface area contributed by atoms with Crippen LogP contribution in [0.1, 0.15) is 12.0 Å². The van der Waals surface area contributed by atoms with Crippen LogP contribution in [-0.2, 0) is 13.8 Å². The first-order valence-corrected chi connectivity index (χ1v) is 5.89. The molecule has 0 amide bonds. The predicted octanol–water partition coefficient (Wildman–Crippen LogP) is 3.47. The Balaban J connectivity index is 3.09. The minimum atomic E-state index is -0.389. The van der Waals surface area contributed by atoms with Crippen LogP contribution in [0.2, 0.25) is 0 Å². The summed E-state index contributed by atoms with van der Waals surface area (Å²) in [6.45, 7) is 3.78. The zero-order valence-corrected chi connectivity index (χ0v) is 11.2. The van der Waals surface area contributed by atoms with E-state index in [1.54, 1.807) is 14.2 Å². The van der Waals surface area contributed by atoms with E-state index in [9.17, 15) is 0 Å². The molecule has 0 saturated carbocycles. The van der Waals surface area contributed by atoms with Gasteiger partial charge >= 0.3 is 0 Å². The average molecular weight is 285 g/mol. The highest BCUT2D eigenvalue weighted by Crippen LogP contribution is 2.40. The molecular weight excluding hydrogens is 268 g/mol. The van der Waals surface area contributed by atoms with Crippen molar-refractivity contribution in [1.82, 2.24) is 0 Å². The second kappa shape index (κ2) is 6.18. The molecule has 0 N–H and O–H groups in total. The van der Waals surface area contributed by atoms with E-state index < -0.39 is 0 Å². The fourth-order valence-electron chi connectivity index (χ4n) is 1.75. The molecule has 0 heterocycles. The van der Waals surface area contributed by atoms with Gasteiger partial charge in [-0.25, -0.2) is 0 Å². The van der Waals surface area contributed by atoms with Gasteiger partial charge in [0.25, 0.3) is 0 Å². The maximum Gasteiger partial charge on any atom is 0.176 e. The van der Waals surface area contributed by atoms with E-state index >= 15 is 0 Å². The first-order valence-electron chi connectivity index (χ1n) is 5.10. The summed E-state index contributed by atoms with van der Waals surface area (Å²) in [5.41, 5.74) is 1.11. The van der Waals surface area contributed by atoms with Gasteiger partial charge in [-0.15, -0.1) is 6.58 Å². The molecule has 1 aromatic rings. The summed E-state index contributed by atoms with van der Waals surface area (Å²) in [5, 5.41) is 0. The topological polar surface area (TPSA) is 18.5 Å². The van der Waals surface area contributed by atoms with Crippen molar-refractivity contribution in [2.45, 2.75) is 17.0 Å². The van der Waals surface area contributed by atoms with Crippen molar-refractivity contribution in [3.8, 4) is 0 Å². The van der Waals surface area contributed by atoms with Crippen molar-refractivity contribution in [3.05, 3.63) is 48.6 Å². The zero-order valence-electron chi connectivity index (χ0n) is 9.65. The molecule has 3 heteroatoms. The van der Waals surface area contributed by atoms with Crippen LogP contribution in [0.5, 0.6) is 0 Å². The molecule has 1 unspecified atom stereocenters. The third-order valence-corrected chi connectivity index (χ3v) is 3.65. The lowest BCUT2D eigenvalue weighted by Gasteiger charge is -2.33. The van der Waals surface area contributed by atoms with E-state index in [1.807, 2.05) is 36.4 Å². The van der Waals surface area contributed by atoms with E-state index in [0.29, 0.717) is 0 Å². The molecule has 0 saturated heterocycles. The first-order chi connectivity index (χ1) is 7.69. The second-order valence-corrected chi connectivity index (χ2v) is 4.94. The summed E-state index contributed by atoms with van der Waals surface area (Å²) in [7, 11) is 3.27. The molecule has 0 bridgehead atoms. The molecule has 0 fully saturated rings. The number of hydrogen-bond donors (Lipinski definition) is 0. The van der Waals surface area contributed by atoms with Gasteiger partial charge in [0.05, 0.1) is 0 Å². The monoisotopic (exact) mass is 284 g/mol. The molecule has 0 spiro atoms. The SMILES string of the molecule is C=CCC(Br)(c1ccccc1)C(OC)OC. The maximum absolute atomic E-state index is 5.35. The van der Waals surface area contributed by atoms with Crippen molar-refractivity contribution in [2.24, 2.45) is 0 Å². The van der Waals surface area contributed by atoms with Crippen LogP contribution in [0.15, 0.2) is 43.0 Å². The quantitative estimate of drug-likeness (QED) is 0.452. The average Bonchev–Trinajstić information content (AvgIpc) is 2.32. The van der Waals surface area contributed by atoms with Crippen molar-refractivity contribution >= 4 is 15.9 Å². The van der Waals surface area contributed by atoms with Crippen LogP contribution >= 0.6 is 15.9 Å². The highest BCUT2D eigenvalue weighted by Gasteiger charge is 2.37. The number of hydrogen-bond acceptors (Lipinski definition) is 2. The zero-order chi connectivity index (χ0) is 12.0. The van der Waals surface area contributed by atoms with Crippen molar-refractivity contribution in [1.29, 1.82) is 0 Å². The molecule has 1 atom stereocenters. The molecule has 88 valence electrons. The summed E-state index contributed by atoms with van der Waals surface area (Å²) in [6, 6.07) is 10.1. The number of allylic oxidation sites excluding steroid dienone is 1. The number of benzene rings is 1. The van der Waals surface area contributed by atoms with Crippen LogP contribution in [0.4, 0.5) is 0 Å². The van der Waals surface area contributed by atoms with Crippen LogP contribution in [0.25, 0.3) is 0 Å². The summed E-state index contributed by atoms with van der Waals surface area (Å²) in [6.07, 6.45) is 2.23. The van der Waals surface area contributed by atoms with E-state index in [4.69, 9.17) is 9.47 Å². The van der Waals surface area contributed by atoms with Crippen molar-refractivity contribution in [2.75, 3.05) is 14.2 Å². The van der Waals surface area contributed by atoms with E-state index in [0.717, 1.165) is 12.0 Å². The van der Waals surface area contributed by atoms with E-state index in [2.05, 4.69) is 22.5 Å². The predicted molar refractivity (Wildman–Crippen MR) is 69.7 cm³/mol. The third-order valence-electron chi connectivity index (χ3n) is 2.50. The molecule has 0 radical (unpaired) electrons. The minimum absolute atomic E-state index is 0.354. The van der Waals surface area contributed by atoms with E-state index in [1.165, 1.54) is 0 Å². The van der Waals surface area contributed by atoms with Gasteiger partial charge in [0, 0.05) is 14.2 Å². The van der Waals surface area contributed by atoms with Gasteiger partial charge in [0.2, 0.25) is 0 Å². The summed E-state index contributed by atoms with van der Waals surface area (Å²) < 4.78 is 10.3. The fraction of sp³-hybridized carbons (Fsp3) is 0.385. The molecule has 1 aromatic carbocycles. The Morgan fingerprint density at radius 3 is 2.31 bits per heavy atom. The number of halogens is 1. The van der Waals surface area contributed by atoms with Gasteiger partial charge in [0.1, 0.15) is 4.32 Å². The molecular formula is C13H17BrO2. The number of ether oxygens (including phenoxy) is 2. The third kappa shape index (κ3) is 2.73. The van der Waals surface area contributed by atoms with Crippen molar-refractivity contribution < 1.29 is 9.47 Å². The van der Waals surface area contributed by atoms with Gasteiger partial charge in [-0.3, -0.25) is 0 Å². The van der Waals surface area contributed by atoms with Gasteiger partial charge in [-0.1, -0.05) is 52.3 Å². The Bertz CT molecular complexity index is 322. The Morgan fingerprint density at radius 1 is 1.31 bits per heavy atom. The van der Waals surface area contributed by atoms with E-state index in [-0.39, 0.29) is 10.6 Å². The van der Waals surface area contributed by atoms with Gasteiger partial charge < -0.3 is 9.47 Å². The number of alkyl halides is 1. The molecule has 2 nitrogen and oxygen atoms in total. The molecule has 16 heavy (non-hydrogen) atoms. The first kappa shape index (κ1) is 13.4. The highest BCUT2D eigenvalue weighted by molar-refractivity contribution is 9.09. The fourth-order valence-corrected chi connectivity index (χ4v) is 2.61. The minimum Gasteiger partial charge on any atom is -0.354 e.